The lowest BCUT2D eigenvalue weighted by Gasteiger charge is -2.39. The number of anilines is 1. The number of carbonyl (C=O) groups is 1. The van der Waals surface area contributed by atoms with Gasteiger partial charge in [-0.15, -0.1) is 0 Å². The van der Waals surface area contributed by atoms with Crippen molar-refractivity contribution >= 4 is 65.9 Å². The number of hydrogen-bond donors (Lipinski definition) is 2. The SMILES string of the molecule is CC1CN(C(=O)OC(C)(C)C)CCN1S(=O)(=O)c1ccc(S(=O)(=O)Nc2ccc(Cl)c3c(Cl)c[nH]c23)cc1. The van der Waals surface area contributed by atoms with E-state index in [1.54, 1.807) is 27.7 Å². The summed E-state index contributed by atoms with van der Waals surface area (Å²) in [6.45, 7) is 7.42. The van der Waals surface area contributed by atoms with Gasteiger partial charge in [-0.2, -0.15) is 4.31 Å². The highest BCUT2D eigenvalue weighted by molar-refractivity contribution is 7.92. The van der Waals surface area contributed by atoms with Crippen molar-refractivity contribution in [2.75, 3.05) is 24.4 Å². The smallest absolute Gasteiger partial charge is 0.410 e. The standard InChI is InChI=1S/C24H28Cl2N4O6S2/c1-15-14-29(23(31)36-24(2,3)4)11-12-30(15)38(34,35)17-7-5-16(6-8-17)37(32,33)28-20-10-9-18(25)21-19(26)13-27-22(20)21/h5-10,13,15,27-28H,11-12,14H2,1-4H3. The molecule has 2 heterocycles. The normalized spacial score (nSPS) is 17.5. The molecule has 1 aromatic heterocycles. The number of fused-ring (bicyclic) bond motifs is 1. The van der Waals surface area contributed by atoms with Crippen LogP contribution in [0.1, 0.15) is 27.7 Å². The van der Waals surface area contributed by atoms with Crippen molar-refractivity contribution < 1.29 is 26.4 Å². The van der Waals surface area contributed by atoms with E-state index >= 15 is 0 Å². The summed E-state index contributed by atoms with van der Waals surface area (Å²) in [5.41, 5.74) is 0.00334. The van der Waals surface area contributed by atoms with Crippen molar-refractivity contribution in [1.29, 1.82) is 0 Å². The van der Waals surface area contributed by atoms with Crippen LogP contribution in [0, 0.1) is 0 Å². The van der Waals surface area contributed by atoms with Gasteiger partial charge >= 0.3 is 6.09 Å². The van der Waals surface area contributed by atoms with Crippen LogP contribution in [0.25, 0.3) is 10.9 Å². The predicted molar refractivity (Wildman–Crippen MR) is 147 cm³/mol. The second kappa shape index (κ2) is 10.2. The first-order valence-corrected chi connectivity index (χ1v) is 15.4. The van der Waals surface area contributed by atoms with Gasteiger partial charge in [0.05, 0.1) is 31.0 Å². The quantitative estimate of drug-likeness (QED) is 0.427. The first-order chi connectivity index (χ1) is 17.6. The number of piperazine rings is 1. The highest BCUT2D eigenvalue weighted by atomic mass is 35.5. The highest BCUT2D eigenvalue weighted by Gasteiger charge is 2.36. The Labute approximate surface area is 231 Å². The molecule has 0 bridgehead atoms. The molecular formula is C24H28Cl2N4O6S2. The lowest BCUT2D eigenvalue weighted by molar-refractivity contribution is 0.0143. The van der Waals surface area contributed by atoms with E-state index in [1.165, 1.54) is 51.8 Å². The van der Waals surface area contributed by atoms with E-state index in [-0.39, 0.29) is 35.1 Å². The number of nitrogens with zero attached hydrogens (tertiary/aromatic N) is 2. The van der Waals surface area contributed by atoms with E-state index < -0.39 is 37.8 Å². The van der Waals surface area contributed by atoms with Gasteiger partial charge in [0, 0.05) is 37.3 Å². The number of nitrogens with one attached hydrogen (secondary N) is 2. The third-order valence-electron chi connectivity index (χ3n) is 5.94. The molecule has 1 atom stereocenters. The maximum Gasteiger partial charge on any atom is 0.410 e. The summed E-state index contributed by atoms with van der Waals surface area (Å²) in [7, 11) is -8.00. The topological polar surface area (TPSA) is 129 Å². The molecule has 0 aliphatic carbocycles. The summed E-state index contributed by atoms with van der Waals surface area (Å²) in [6.07, 6.45) is 1.01. The molecular weight excluding hydrogens is 575 g/mol. The molecule has 1 amide bonds. The summed E-state index contributed by atoms with van der Waals surface area (Å²) in [5.74, 6) is 0. The van der Waals surface area contributed by atoms with Gasteiger partial charge in [0.25, 0.3) is 10.0 Å². The van der Waals surface area contributed by atoms with Gasteiger partial charge in [-0.1, -0.05) is 23.2 Å². The Morgan fingerprint density at radius 1 is 1.00 bits per heavy atom. The molecule has 4 rings (SSSR count). The summed E-state index contributed by atoms with van der Waals surface area (Å²) < 4.78 is 62.0. The molecule has 0 spiro atoms. The monoisotopic (exact) mass is 602 g/mol. The third-order valence-corrected chi connectivity index (χ3v) is 9.96. The fraction of sp³-hybridized carbons (Fsp3) is 0.375. The molecule has 14 heteroatoms. The summed E-state index contributed by atoms with van der Waals surface area (Å²) in [4.78, 5) is 16.6. The Kier molecular flexibility index (Phi) is 7.67. The highest BCUT2D eigenvalue weighted by Crippen LogP contribution is 2.35. The zero-order valence-corrected chi connectivity index (χ0v) is 24.3. The van der Waals surface area contributed by atoms with Crippen molar-refractivity contribution in [2.45, 2.75) is 49.1 Å². The van der Waals surface area contributed by atoms with Crippen molar-refractivity contribution in [3.63, 3.8) is 0 Å². The summed E-state index contributed by atoms with van der Waals surface area (Å²) >= 11 is 12.3. The van der Waals surface area contributed by atoms with Gasteiger partial charge in [-0.3, -0.25) is 4.72 Å². The number of ether oxygens (including phenoxy) is 1. The molecule has 10 nitrogen and oxygen atoms in total. The second-order valence-electron chi connectivity index (χ2n) is 9.95. The van der Waals surface area contributed by atoms with E-state index in [4.69, 9.17) is 27.9 Å². The van der Waals surface area contributed by atoms with Crippen LogP contribution >= 0.6 is 23.2 Å². The number of hydrogen-bond acceptors (Lipinski definition) is 6. The molecule has 2 aromatic carbocycles. The van der Waals surface area contributed by atoms with Crippen LogP contribution < -0.4 is 4.72 Å². The Bertz CT molecular complexity index is 1580. The molecule has 1 fully saturated rings. The van der Waals surface area contributed by atoms with Crippen LogP contribution in [-0.2, 0) is 24.8 Å². The molecule has 206 valence electrons. The average Bonchev–Trinajstić information content (AvgIpc) is 3.22. The Morgan fingerprint density at radius 3 is 2.24 bits per heavy atom. The predicted octanol–water partition coefficient (Wildman–Crippen LogP) is 4.91. The van der Waals surface area contributed by atoms with Crippen molar-refractivity contribution in [3.05, 3.63) is 52.6 Å². The number of carbonyl (C=O) groups excluding carboxylic acids is 1. The number of benzene rings is 2. The minimum absolute atomic E-state index is 0.0564. The number of sulfonamides is 2. The zero-order chi connectivity index (χ0) is 28.0. The van der Waals surface area contributed by atoms with Crippen molar-refractivity contribution in [2.24, 2.45) is 0 Å². The Hall–Kier alpha value is -2.51. The number of H-pyrrole nitrogens is 1. The summed E-state index contributed by atoms with van der Waals surface area (Å²) in [6, 6.07) is 7.48. The molecule has 1 aliphatic rings. The fourth-order valence-electron chi connectivity index (χ4n) is 4.17. The van der Waals surface area contributed by atoms with Crippen LogP contribution in [0.4, 0.5) is 10.5 Å². The molecule has 0 saturated carbocycles. The van der Waals surface area contributed by atoms with Gasteiger partial charge in [0.15, 0.2) is 0 Å². The van der Waals surface area contributed by atoms with Gasteiger partial charge < -0.3 is 14.6 Å². The Balaban J connectivity index is 1.51. The fourth-order valence-corrected chi connectivity index (χ4v) is 7.42. The van der Waals surface area contributed by atoms with Gasteiger partial charge in [-0.25, -0.2) is 21.6 Å². The van der Waals surface area contributed by atoms with Crippen LogP contribution in [-0.4, -0.2) is 68.4 Å². The van der Waals surface area contributed by atoms with E-state index in [0.717, 1.165) is 0 Å². The largest absolute Gasteiger partial charge is 0.444 e. The van der Waals surface area contributed by atoms with Gasteiger partial charge in [0.2, 0.25) is 10.0 Å². The number of aromatic amines is 1. The average molecular weight is 604 g/mol. The van der Waals surface area contributed by atoms with Crippen LogP contribution in [0.15, 0.2) is 52.4 Å². The first kappa shape index (κ1) is 28.5. The number of amides is 1. The Morgan fingerprint density at radius 2 is 1.63 bits per heavy atom. The molecule has 1 saturated heterocycles. The van der Waals surface area contributed by atoms with E-state index in [0.29, 0.717) is 20.9 Å². The zero-order valence-electron chi connectivity index (χ0n) is 21.2. The molecule has 3 aromatic rings. The summed E-state index contributed by atoms with van der Waals surface area (Å²) in [5, 5.41) is 1.20. The van der Waals surface area contributed by atoms with Crippen molar-refractivity contribution in [3.8, 4) is 0 Å². The van der Waals surface area contributed by atoms with Gasteiger partial charge in [-0.05, 0) is 64.1 Å². The van der Waals surface area contributed by atoms with E-state index in [9.17, 15) is 21.6 Å². The lowest BCUT2D eigenvalue weighted by atomic mass is 10.2. The number of aromatic nitrogens is 1. The first-order valence-electron chi connectivity index (χ1n) is 11.7. The van der Waals surface area contributed by atoms with E-state index in [1.807, 2.05) is 0 Å². The molecule has 1 unspecified atom stereocenters. The molecule has 1 aliphatic heterocycles. The minimum Gasteiger partial charge on any atom is -0.444 e. The molecule has 38 heavy (non-hydrogen) atoms. The van der Waals surface area contributed by atoms with Gasteiger partial charge in [0.1, 0.15) is 5.60 Å². The molecule has 0 radical (unpaired) electrons. The number of halogens is 2. The van der Waals surface area contributed by atoms with Crippen LogP contribution in [0.3, 0.4) is 0 Å². The molecule has 2 N–H and O–H groups in total. The maximum absolute atomic E-state index is 13.3. The van der Waals surface area contributed by atoms with E-state index in [2.05, 4.69) is 9.71 Å². The maximum atomic E-state index is 13.3. The van der Waals surface area contributed by atoms with Crippen LogP contribution in [0.5, 0.6) is 0 Å². The third kappa shape index (κ3) is 5.74. The second-order valence-corrected chi connectivity index (χ2v) is 14.3. The number of rotatable bonds is 5. The van der Waals surface area contributed by atoms with Crippen LogP contribution in [0.2, 0.25) is 10.0 Å². The lowest BCUT2D eigenvalue weighted by Crippen LogP contribution is -2.55. The van der Waals surface area contributed by atoms with Crippen molar-refractivity contribution in [1.82, 2.24) is 14.2 Å². The minimum atomic E-state index is -4.06.